The molecule has 0 aromatic heterocycles. The summed E-state index contributed by atoms with van der Waals surface area (Å²) in [6.45, 7) is 4.84. The molecule has 0 fully saturated rings. The number of methoxy groups -OCH3 is 1. The molecule has 0 bridgehead atoms. The Hall–Kier alpha value is -1.39. The SMILES string of the molecule is CCC(C)c1ccc(NC(=O)C(N)CCOC)cc1. The molecule has 4 nitrogen and oxygen atoms in total. The van der Waals surface area contributed by atoms with Crippen LogP contribution in [0.25, 0.3) is 0 Å². The Morgan fingerprint density at radius 2 is 2.00 bits per heavy atom. The molecular formula is C15H24N2O2. The van der Waals surface area contributed by atoms with Crippen LogP contribution in [0, 0.1) is 0 Å². The number of carbonyl (C=O) groups excluding carboxylic acids is 1. The van der Waals surface area contributed by atoms with Crippen molar-refractivity contribution in [2.24, 2.45) is 5.73 Å². The van der Waals surface area contributed by atoms with Gasteiger partial charge in [0, 0.05) is 19.4 Å². The number of nitrogens with two attached hydrogens (primary N) is 1. The fourth-order valence-corrected chi connectivity index (χ4v) is 1.74. The zero-order valence-corrected chi connectivity index (χ0v) is 12.0. The molecule has 0 heterocycles. The van der Waals surface area contributed by atoms with E-state index in [-0.39, 0.29) is 5.91 Å². The lowest BCUT2D eigenvalue weighted by Gasteiger charge is -2.13. The monoisotopic (exact) mass is 264 g/mol. The number of nitrogens with one attached hydrogen (secondary N) is 1. The molecule has 2 atom stereocenters. The molecule has 0 aliphatic heterocycles. The molecule has 0 radical (unpaired) electrons. The molecule has 0 spiro atoms. The predicted molar refractivity (Wildman–Crippen MR) is 78.2 cm³/mol. The molecule has 3 N–H and O–H groups in total. The zero-order valence-electron chi connectivity index (χ0n) is 12.0. The zero-order chi connectivity index (χ0) is 14.3. The van der Waals surface area contributed by atoms with E-state index in [4.69, 9.17) is 10.5 Å². The summed E-state index contributed by atoms with van der Waals surface area (Å²) in [6.07, 6.45) is 1.63. The first-order valence-electron chi connectivity index (χ1n) is 6.73. The summed E-state index contributed by atoms with van der Waals surface area (Å²) in [5.41, 5.74) is 7.82. The van der Waals surface area contributed by atoms with E-state index in [0.29, 0.717) is 18.9 Å². The van der Waals surface area contributed by atoms with Crippen molar-refractivity contribution in [1.29, 1.82) is 0 Å². The maximum absolute atomic E-state index is 11.8. The van der Waals surface area contributed by atoms with E-state index in [1.807, 2.05) is 24.3 Å². The second-order valence-electron chi connectivity index (χ2n) is 4.81. The Morgan fingerprint density at radius 1 is 1.37 bits per heavy atom. The number of carbonyl (C=O) groups is 1. The van der Waals surface area contributed by atoms with Crippen LogP contribution in [-0.2, 0) is 9.53 Å². The maximum Gasteiger partial charge on any atom is 0.241 e. The molecule has 1 rings (SSSR count). The normalized spacial score (nSPS) is 13.9. The molecule has 1 aromatic rings. The van der Waals surface area contributed by atoms with Crippen LogP contribution in [0.4, 0.5) is 5.69 Å². The third-order valence-electron chi connectivity index (χ3n) is 3.33. The van der Waals surface area contributed by atoms with Crippen LogP contribution in [0.15, 0.2) is 24.3 Å². The summed E-state index contributed by atoms with van der Waals surface area (Å²) < 4.78 is 4.91. The fraction of sp³-hybridized carbons (Fsp3) is 0.533. The second kappa shape index (κ2) is 7.92. The number of amides is 1. The summed E-state index contributed by atoms with van der Waals surface area (Å²) in [5, 5.41) is 2.82. The lowest BCUT2D eigenvalue weighted by Crippen LogP contribution is -2.36. The van der Waals surface area contributed by atoms with Gasteiger partial charge in [0.25, 0.3) is 0 Å². The average Bonchev–Trinajstić information content (AvgIpc) is 2.44. The van der Waals surface area contributed by atoms with E-state index in [2.05, 4.69) is 19.2 Å². The molecule has 4 heteroatoms. The van der Waals surface area contributed by atoms with E-state index in [0.717, 1.165) is 12.1 Å². The topological polar surface area (TPSA) is 64.4 Å². The highest BCUT2D eigenvalue weighted by Gasteiger charge is 2.13. The van der Waals surface area contributed by atoms with Gasteiger partial charge in [0.1, 0.15) is 0 Å². The van der Waals surface area contributed by atoms with Crippen LogP contribution in [0.2, 0.25) is 0 Å². The molecular weight excluding hydrogens is 240 g/mol. The van der Waals surface area contributed by atoms with Gasteiger partial charge in [-0.25, -0.2) is 0 Å². The lowest BCUT2D eigenvalue weighted by atomic mass is 9.98. The minimum atomic E-state index is -0.533. The second-order valence-corrected chi connectivity index (χ2v) is 4.81. The van der Waals surface area contributed by atoms with Crippen molar-refractivity contribution >= 4 is 11.6 Å². The van der Waals surface area contributed by atoms with Crippen LogP contribution in [0.3, 0.4) is 0 Å². The summed E-state index contributed by atoms with van der Waals surface area (Å²) >= 11 is 0. The van der Waals surface area contributed by atoms with E-state index >= 15 is 0 Å². The van der Waals surface area contributed by atoms with Gasteiger partial charge in [0.05, 0.1) is 6.04 Å². The summed E-state index contributed by atoms with van der Waals surface area (Å²) in [4.78, 5) is 11.8. The Bertz CT molecular complexity index is 390. The molecule has 106 valence electrons. The largest absolute Gasteiger partial charge is 0.385 e. The van der Waals surface area contributed by atoms with Crippen molar-refractivity contribution in [3.63, 3.8) is 0 Å². The van der Waals surface area contributed by atoms with Crippen LogP contribution in [-0.4, -0.2) is 25.7 Å². The van der Waals surface area contributed by atoms with Crippen molar-refractivity contribution in [1.82, 2.24) is 0 Å². The summed E-state index contributed by atoms with van der Waals surface area (Å²) in [6, 6.07) is 7.40. The summed E-state index contributed by atoms with van der Waals surface area (Å²) in [5.74, 6) is 0.363. The maximum atomic E-state index is 11.8. The van der Waals surface area contributed by atoms with Gasteiger partial charge in [-0.2, -0.15) is 0 Å². The number of ether oxygens (including phenoxy) is 1. The number of benzene rings is 1. The van der Waals surface area contributed by atoms with Crippen molar-refractivity contribution in [3.8, 4) is 0 Å². The molecule has 0 saturated heterocycles. The van der Waals surface area contributed by atoms with Gasteiger partial charge in [-0.15, -0.1) is 0 Å². The highest BCUT2D eigenvalue weighted by Crippen LogP contribution is 2.20. The molecule has 19 heavy (non-hydrogen) atoms. The van der Waals surface area contributed by atoms with Crippen molar-refractivity contribution < 1.29 is 9.53 Å². The average molecular weight is 264 g/mol. The van der Waals surface area contributed by atoms with Gasteiger partial charge >= 0.3 is 0 Å². The number of hydrogen-bond acceptors (Lipinski definition) is 3. The van der Waals surface area contributed by atoms with Crippen molar-refractivity contribution in [3.05, 3.63) is 29.8 Å². The van der Waals surface area contributed by atoms with E-state index in [1.54, 1.807) is 7.11 Å². The fourth-order valence-electron chi connectivity index (χ4n) is 1.74. The first-order chi connectivity index (χ1) is 9.08. The third-order valence-corrected chi connectivity index (χ3v) is 3.33. The van der Waals surface area contributed by atoms with Gasteiger partial charge in [0.2, 0.25) is 5.91 Å². The Balaban J connectivity index is 2.55. The van der Waals surface area contributed by atoms with Gasteiger partial charge in [-0.3, -0.25) is 4.79 Å². The van der Waals surface area contributed by atoms with Crippen molar-refractivity contribution in [2.75, 3.05) is 19.0 Å². The van der Waals surface area contributed by atoms with Crippen LogP contribution >= 0.6 is 0 Å². The first-order valence-corrected chi connectivity index (χ1v) is 6.73. The Labute approximate surface area is 115 Å². The number of anilines is 1. The minimum Gasteiger partial charge on any atom is -0.385 e. The number of hydrogen-bond donors (Lipinski definition) is 2. The standard InChI is InChI=1S/C15H24N2O2/c1-4-11(2)12-5-7-13(8-6-12)17-15(18)14(16)9-10-19-3/h5-8,11,14H,4,9-10,16H2,1-3H3,(H,17,18). The molecule has 0 saturated carbocycles. The van der Waals surface area contributed by atoms with Crippen LogP contribution < -0.4 is 11.1 Å². The summed E-state index contributed by atoms with van der Waals surface area (Å²) in [7, 11) is 1.60. The van der Waals surface area contributed by atoms with E-state index in [1.165, 1.54) is 5.56 Å². The van der Waals surface area contributed by atoms with Gasteiger partial charge in [-0.1, -0.05) is 26.0 Å². The smallest absolute Gasteiger partial charge is 0.241 e. The minimum absolute atomic E-state index is 0.173. The lowest BCUT2D eigenvalue weighted by molar-refractivity contribution is -0.117. The predicted octanol–water partition coefficient (Wildman–Crippen LogP) is 2.50. The molecule has 1 amide bonds. The Kier molecular flexibility index (Phi) is 6.53. The molecule has 1 aromatic carbocycles. The molecule has 0 aliphatic carbocycles. The highest BCUT2D eigenvalue weighted by atomic mass is 16.5. The van der Waals surface area contributed by atoms with E-state index in [9.17, 15) is 4.79 Å². The highest BCUT2D eigenvalue weighted by molar-refractivity contribution is 5.94. The van der Waals surface area contributed by atoms with Gasteiger partial charge in [-0.05, 0) is 36.5 Å². The third kappa shape index (κ3) is 5.01. The van der Waals surface area contributed by atoms with Gasteiger partial charge in [0.15, 0.2) is 0 Å². The van der Waals surface area contributed by atoms with E-state index < -0.39 is 6.04 Å². The molecule has 0 aliphatic rings. The Morgan fingerprint density at radius 3 is 2.53 bits per heavy atom. The first kappa shape index (κ1) is 15.7. The molecule has 2 unspecified atom stereocenters. The number of rotatable bonds is 7. The quantitative estimate of drug-likeness (QED) is 0.795. The van der Waals surface area contributed by atoms with Gasteiger partial charge < -0.3 is 15.8 Å². The van der Waals surface area contributed by atoms with Crippen LogP contribution in [0.1, 0.15) is 38.2 Å². The van der Waals surface area contributed by atoms with Crippen LogP contribution in [0.5, 0.6) is 0 Å². The van der Waals surface area contributed by atoms with Crippen molar-refractivity contribution in [2.45, 2.75) is 38.6 Å².